The molecule has 1 fully saturated rings. The van der Waals surface area contributed by atoms with Crippen LogP contribution < -0.4 is 15.6 Å². The maximum atomic E-state index is 14.8. The van der Waals surface area contributed by atoms with E-state index in [-0.39, 0.29) is 41.6 Å². The summed E-state index contributed by atoms with van der Waals surface area (Å²) in [5.74, 6) is -1.36. The lowest BCUT2D eigenvalue weighted by Gasteiger charge is -2.35. The van der Waals surface area contributed by atoms with Crippen LogP contribution in [0.5, 0.6) is 11.6 Å². The van der Waals surface area contributed by atoms with Crippen LogP contribution in [0, 0.1) is 5.82 Å². The van der Waals surface area contributed by atoms with Crippen molar-refractivity contribution in [2.24, 2.45) is 0 Å². The van der Waals surface area contributed by atoms with E-state index in [4.69, 9.17) is 4.74 Å². The number of ether oxygens (including phenoxy) is 1. The molecule has 0 aliphatic carbocycles. The molecule has 10 heteroatoms. The molecule has 9 nitrogen and oxygen atoms in total. The molecule has 0 saturated carbocycles. The molecular weight excluding hydrogens is 453 g/mol. The number of carbonyl (C=O) groups excluding carboxylic acids is 2. The van der Waals surface area contributed by atoms with Gasteiger partial charge in [-0.25, -0.2) is 9.49 Å². The third-order valence-corrected chi connectivity index (χ3v) is 5.82. The van der Waals surface area contributed by atoms with Gasteiger partial charge in [-0.3, -0.25) is 19.4 Å². The number of piperazine rings is 1. The number of amides is 1. The summed E-state index contributed by atoms with van der Waals surface area (Å²) in [5, 5.41) is 10.3. The average molecular weight is 473 g/mol. The molecule has 1 aliphatic heterocycles. The zero-order valence-corrected chi connectivity index (χ0v) is 18.4. The number of rotatable bonds is 5. The van der Waals surface area contributed by atoms with Gasteiger partial charge in [0.05, 0.1) is 16.3 Å². The van der Waals surface area contributed by atoms with E-state index in [1.54, 1.807) is 36.4 Å². The summed E-state index contributed by atoms with van der Waals surface area (Å²) in [6.07, 6.45) is 3.01. The maximum absolute atomic E-state index is 14.8. The summed E-state index contributed by atoms with van der Waals surface area (Å²) in [7, 11) is 0. The molecule has 176 valence electrons. The number of nitrogens with one attached hydrogen (secondary N) is 2. The van der Waals surface area contributed by atoms with Gasteiger partial charge >= 0.3 is 0 Å². The number of ketones is 1. The molecule has 0 spiro atoms. The molecule has 1 saturated heterocycles. The molecular formula is C25H20FN5O4. The molecule has 0 radical (unpaired) electrons. The quantitative estimate of drug-likeness (QED) is 0.428. The number of hydrogen-bond acceptors (Lipinski definition) is 7. The Labute approximate surface area is 198 Å². The van der Waals surface area contributed by atoms with Crippen LogP contribution in [-0.4, -0.2) is 57.4 Å². The smallest absolute Gasteiger partial charge is 0.272 e. The summed E-state index contributed by atoms with van der Waals surface area (Å²) in [6.45, 7) is 0.950. The van der Waals surface area contributed by atoms with E-state index in [9.17, 15) is 18.8 Å². The van der Waals surface area contributed by atoms with Crippen molar-refractivity contribution in [3.05, 3.63) is 94.3 Å². The maximum Gasteiger partial charge on any atom is 0.272 e. The van der Waals surface area contributed by atoms with Crippen LogP contribution in [0.1, 0.15) is 20.7 Å². The van der Waals surface area contributed by atoms with Gasteiger partial charge in [0, 0.05) is 37.6 Å². The summed E-state index contributed by atoms with van der Waals surface area (Å²) in [6, 6.07) is 12.9. The van der Waals surface area contributed by atoms with Crippen molar-refractivity contribution in [3.8, 4) is 11.6 Å². The largest absolute Gasteiger partial charge is 0.437 e. The summed E-state index contributed by atoms with van der Waals surface area (Å²) in [5.41, 5.74) is -0.183. The Kier molecular flexibility index (Phi) is 6.02. The van der Waals surface area contributed by atoms with Crippen molar-refractivity contribution in [3.63, 3.8) is 0 Å². The second-order valence-corrected chi connectivity index (χ2v) is 7.97. The SMILES string of the molecule is O=C(c1ccncc1)C1CNCCN1C(=O)c1cc(Oc2n[nH]c(=O)c3ccccc23)ccc1F. The highest BCUT2D eigenvalue weighted by Crippen LogP contribution is 2.28. The summed E-state index contributed by atoms with van der Waals surface area (Å²) >= 11 is 0. The molecule has 2 N–H and O–H groups in total. The van der Waals surface area contributed by atoms with Gasteiger partial charge in [-0.05, 0) is 42.5 Å². The van der Waals surface area contributed by atoms with E-state index in [0.717, 1.165) is 6.07 Å². The van der Waals surface area contributed by atoms with Gasteiger partial charge in [0.25, 0.3) is 11.5 Å². The third-order valence-electron chi connectivity index (χ3n) is 5.82. The Balaban J connectivity index is 1.45. The number of hydrogen-bond donors (Lipinski definition) is 2. The first-order valence-corrected chi connectivity index (χ1v) is 10.9. The predicted octanol–water partition coefficient (Wildman–Crippen LogP) is 2.55. The van der Waals surface area contributed by atoms with E-state index in [1.165, 1.54) is 29.4 Å². The fourth-order valence-corrected chi connectivity index (χ4v) is 4.06. The number of aromatic nitrogens is 3. The van der Waals surface area contributed by atoms with E-state index < -0.39 is 17.8 Å². The van der Waals surface area contributed by atoms with E-state index in [2.05, 4.69) is 20.5 Å². The number of halogens is 1. The Bertz CT molecular complexity index is 1470. The molecule has 4 aromatic rings. The minimum absolute atomic E-state index is 0.109. The van der Waals surface area contributed by atoms with Crippen LogP contribution in [0.25, 0.3) is 10.8 Å². The van der Waals surface area contributed by atoms with Crippen molar-refractivity contribution < 1.29 is 18.7 Å². The van der Waals surface area contributed by atoms with Crippen LogP contribution in [0.4, 0.5) is 4.39 Å². The van der Waals surface area contributed by atoms with E-state index >= 15 is 0 Å². The van der Waals surface area contributed by atoms with Gasteiger partial charge in [0.15, 0.2) is 5.78 Å². The van der Waals surface area contributed by atoms with Crippen molar-refractivity contribution in [2.75, 3.05) is 19.6 Å². The van der Waals surface area contributed by atoms with Crippen molar-refractivity contribution in [2.45, 2.75) is 6.04 Å². The van der Waals surface area contributed by atoms with Crippen molar-refractivity contribution >= 4 is 22.5 Å². The van der Waals surface area contributed by atoms with Gasteiger partial charge in [-0.15, -0.1) is 5.10 Å². The normalized spacial score (nSPS) is 15.7. The average Bonchev–Trinajstić information content (AvgIpc) is 2.91. The number of Topliss-reactive ketones (excluding diaryl/α,β-unsaturated/α-hetero) is 1. The second-order valence-electron chi connectivity index (χ2n) is 7.97. The zero-order valence-electron chi connectivity index (χ0n) is 18.4. The first kappa shape index (κ1) is 22.4. The molecule has 1 unspecified atom stereocenters. The molecule has 2 aromatic heterocycles. The van der Waals surface area contributed by atoms with Gasteiger partial charge in [0.2, 0.25) is 5.88 Å². The number of aromatic amines is 1. The molecule has 1 amide bonds. The highest BCUT2D eigenvalue weighted by Gasteiger charge is 2.34. The second kappa shape index (κ2) is 9.43. The first-order chi connectivity index (χ1) is 17.0. The van der Waals surface area contributed by atoms with Crippen LogP contribution >= 0.6 is 0 Å². The van der Waals surface area contributed by atoms with Gasteiger partial charge in [0.1, 0.15) is 17.6 Å². The van der Waals surface area contributed by atoms with Crippen molar-refractivity contribution in [1.29, 1.82) is 0 Å². The predicted molar refractivity (Wildman–Crippen MR) is 125 cm³/mol. The van der Waals surface area contributed by atoms with Crippen LogP contribution in [-0.2, 0) is 0 Å². The van der Waals surface area contributed by atoms with Crippen LogP contribution in [0.15, 0.2) is 71.8 Å². The summed E-state index contributed by atoms with van der Waals surface area (Å²) in [4.78, 5) is 43.8. The van der Waals surface area contributed by atoms with Crippen LogP contribution in [0.2, 0.25) is 0 Å². The molecule has 0 bridgehead atoms. The summed E-state index contributed by atoms with van der Waals surface area (Å²) < 4.78 is 20.6. The molecule has 1 atom stereocenters. The Hall–Kier alpha value is -4.44. The van der Waals surface area contributed by atoms with E-state index in [0.29, 0.717) is 22.9 Å². The lowest BCUT2D eigenvalue weighted by Crippen LogP contribution is -2.57. The minimum atomic E-state index is -0.799. The van der Waals surface area contributed by atoms with Crippen molar-refractivity contribution in [1.82, 2.24) is 25.4 Å². The Morgan fingerprint density at radius 3 is 2.63 bits per heavy atom. The fraction of sp³-hybridized carbons (Fsp3) is 0.160. The highest BCUT2D eigenvalue weighted by atomic mass is 19.1. The topological polar surface area (TPSA) is 117 Å². The van der Waals surface area contributed by atoms with Gasteiger partial charge < -0.3 is 15.0 Å². The van der Waals surface area contributed by atoms with Gasteiger partial charge in [-0.2, -0.15) is 0 Å². The Morgan fingerprint density at radius 2 is 1.83 bits per heavy atom. The number of H-pyrrole nitrogens is 1. The number of nitrogens with zero attached hydrogens (tertiary/aromatic N) is 3. The molecule has 2 aromatic carbocycles. The number of fused-ring (bicyclic) bond motifs is 1. The standard InChI is InChI=1S/C25H20FN5O4/c26-20-6-5-16(35-24-18-4-2-1-3-17(18)23(33)29-30-24)13-19(20)25(34)31-12-11-28-14-21(31)22(32)15-7-9-27-10-8-15/h1-10,13,21,28H,11-12,14H2,(H,29,33). The lowest BCUT2D eigenvalue weighted by atomic mass is 10.0. The lowest BCUT2D eigenvalue weighted by molar-refractivity contribution is 0.0566. The number of carbonyl (C=O) groups is 2. The molecule has 3 heterocycles. The molecule has 35 heavy (non-hydrogen) atoms. The fourth-order valence-electron chi connectivity index (χ4n) is 4.06. The molecule has 1 aliphatic rings. The van der Waals surface area contributed by atoms with E-state index in [1.807, 2.05) is 0 Å². The highest BCUT2D eigenvalue weighted by molar-refractivity contribution is 6.04. The Morgan fingerprint density at radius 1 is 1.06 bits per heavy atom. The number of pyridine rings is 1. The number of benzene rings is 2. The monoisotopic (exact) mass is 473 g/mol. The molecule has 5 rings (SSSR count). The van der Waals surface area contributed by atoms with Crippen LogP contribution in [0.3, 0.4) is 0 Å². The third kappa shape index (κ3) is 4.38. The minimum Gasteiger partial charge on any atom is -0.437 e. The first-order valence-electron chi connectivity index (χ1n) is 10.9. The zero-order chi connectivity index (χ0) is 24.4. The van der Waals surface area contributed by atoms with Gasteiger partial charge in [-0.1, -0.05) is 12.1 Å².